The van der Waals surface area contributed by atoms with Gasteiger partial charge >= 0.3 is 19.5 Å². The number of benzene rings is 2. The van der Waals surface area contributed by atoms with Crippen LogP contribution < -0.4 is 18.5 Å². The highest BCUT2D eigenvalue weighted by molar-refractivity contribution is 7.54. The SMILES string of the molecule is C=C(C)C(=O)Oc1ccccc1OP(=O)(CCCCC)Oc1ccccc1OC(=O)C(=C)C. The number of para-hydroxylation sites is 4. The van der Waals surface area contributed by atoms with Crippen LogP contribution in [-0.2, 0) is 14.2 Å². The van der Waals surface area contributed by atoms with Gasteiger partial charge in [-0.1, -0.05) is 57.2 Å². The topological polar surface area (TPSA) is 88.1 Å². The third-order valence-corrected chi connectivity index (χ3v) is 6.12. The molecule has 7 nitrogen and oxygen atoms in total. The van der Waals surface area contributed by atoms with Crippen LogP contribution in [0.2, 0.25) is 0 Å². The number of carbonyl (C=O) groups excluding carboxylic acids is 2. The fourth-order valence-corrected chi connectivity index (χ4v) is 4.29. The van der Waals surface area contributed by atoms with Gasteiger partial charge in [-0.15, -0.1) is 0 Å². The summed E-state index contributed by atoms with van der Waals surface area (Å²) in [6.07, 6.45) is 2.40. The summed E-state index contributed by atoms with van der Waals surface area (Å²) in [5.41, 5.74) is 0.417. The summed E-state index contributed by atoms with van der Waals surface area (Å²) in [5, 5.41) is 0. The molecule has 2 aromatic rings. The average Bonchev–Trinajstić information content (AvgIpc) is 2.76. The molecule has 176 valence electrons. The second-order valence-electron chi connectivity index (χ2n) is 7.46. The van der Waals surface area contributed by atoms with E-state index in [-0.39, 0.29) is 40.3 Å². The van der Waals surface area contributed by atoms with Crippen molar-refractivity contribution in [1.82, 2.24) is 0 Å². The maximum atomic E-state index is 13.8. The minimum atomic E-state index is -3.81. The molecular formula is C25H29O7P. The van der Waals surface area contributed by atoms with Crippen LogP contribution in [0.1, 0.15) is 40.0 Å². The second kappa shape index (κ2) is 12.1. The molecule has 2 rings (SSSR count). The third kappa shape index (κ3) is 7.95. The summed E-state index contributed by atoms with van der Waals surface area (Å²) < 4.78 is 36.1. The molecule has 0 bridgehead atoms. The van der Waals surface area contributed by atoms with Gasteiger partial charge in [0, 0.05) is 11.1 Å². The highest BCUT2D eigenvalue weighted by Crippen LogP contribution is 2.52. The number of esters is 2. The number of unbranched alkanes of at least 4 members (excludes halogenated alkanes) is 2. The number of ether oxygens (including phenoxy) is 2. The standard InChI is InChI=1S/C25H29O7P/c1-6-7-12-17-33(28,31-22-15-10-8-13-20(22)29-24(26)18(2)3)32-23-16-11-9-14-21(23)30-25(27)19(4)5/h8-11,13-16H,2,4,6-7,12,17H2,1,3,5H3. The fraction of sp³-hybridized carbons (Fsp3) is 0.280. The van der Waals surface area contributed by atoms with Crippen molar-refractivity contribution in [3.8, 4) is 23.0 Å². The van der Waals surface area contributed by atoms with E-state index in [0.717, 1.165) is 12.8 Å². The molecule has 0 N–H and O–H groups in total. The van der Waals surface area contributed by atoms with Gasteiger partial charge in [0.25, 0.3) is 0 Å². The van der Waals surface area contributed by atoms with Crippen molar-refractivity contribution >= 4 is 19.5 Å². The molecule has 0 spiro atoms. The van der Waals surface area contributed by atoms with Crippen molar-refractivity contribution in [2.45, 2.75) is 40.0 Å². The molecule has 0 heterocycles. The molecule has 0 fully saturated rings. The Morgan fingerprint density at radius 1 is 0.758 bits per heavy atom. The first kappa shape index (κ1) is 25.9. The van der Waals surface area contributed by atoms with E-state index in [0.29, 0.717) is 6.42 Å². The lowest BCUT2D eigenvalue weighted by Crippen LogP contribution is -2.12. The predicted octanol–water partition coefficient (Wildman–Crippen LogP) is 6.49. The molecular weight excluding hydrogens is 443 g/mol. The number of carbonyl (C=O) groups is 2. The van der Waals surface area contributed by atoms with Crippen LogP contribution in [0.5, 0.6) is 23.0 Å². The van der Waals surface area contributed by atoms with Gasteiger partial charge in [0.1, 0.15) is 0 Å². The Bertz CT molecular complexity index is 996. The van der Waals surface area contributed by atoms with E-state index in [2.05, 4.69) is 13.2 Å². The summed E-state index contributed by atoms with van der Waals surface area (Å²) >= 11 is 0. The molecule has 0 aliphatic heterocycles. The van der Waals surface area contributed by atoms with Crippen molar-refractivity contribution in [3.05, 3.63) is 72.8 Å². The second-order valence-corrected chi connectivity index (χ2v) is 9.49. The minimum Gasteiger partial charge on any atom is -0.419 e. The first-order valence-electron chi connectivity index (χ1n) is 10.6. The Kier molecular flexibility index (Phi) is 9.49. The molecule has 8 heteroatoms. The van der Waals surface area contributed by atoms with Gasteiger partial charge < -0.3 is 18.5 Å². The lowest BCUT2D eigenvalue weighted by atomic mass is 10.3. The van der Waals surface area contributed by atoms with Crippen molar-refractivity contribution in [3.63, 3.8) is 0 Å². The first-order valence-corrected chi connectivity index (χ1v) is 12.3. The maximum absolute atomic E-state index is 13.8. The summed E-state index contributed by atoms with van der Waals surface area (Å²) in [6, 6.07) is 12.7. The van der Waals surface area contributed by atoms with Gasteiger partial charge in [-0.2, -0.15) is 0 Å². The van der Waals surface area contributed by atoms with E-state index in [1.54, 1.807) is 24.3 Å². The normalized spacial score (nSPS) is 10.8. The first-order chi connectivity index (χ1) is 15.6. The predicted molar refractivity (Wildman–Crippen MR) is 127 cm³/mol. The van der Waals surface area contributed by atoms with E-state index in [1.165, 1.54) is 38.1 Å². The van der Waals surface area contributed by atoms with Crippen LogP contribution in [0.3, 0.4) is 0 Å². The zero-order chi connectivity index (χ0) is 24.4. The van der Waals surface area contributed by atoms with Crippen LogP contribution in [0.25, 0.3) is 0 Å². The van der Waals surface area contributed by atoms with E-state index >= 15 is 0 Å². The van der Waals surface area contributed by atoms with E-state index in [4.69, 9.17) is 18.5 Å². The van der Waals surface area contributed by atoms with E-state index in [1.807, 2.05) is 6.92 Å². The third-order valence-electron chi connectivity index (χ3n) is 4.31. The number of hydrogen-bond acceptors (Lipinski definition) is 7. The molecule has 0 amide bonds. The quantitative estimate of drug-likeness (QED) is 0.115. The molecule has 0 unspecified atom stereocenters. The monoisotopic (exact) mass is 472 g/mol. The molecule has 0 saturated heterocycles. The van der Waals surface area contributed by atoms with Crippen molar-refractivity contribution in [2.75, 3.05) is 6.16 Å². The van der Waals surface area contributed by atoms with Gasteiger partial charge in [-0.05, 0) is 44.5 Å². The largest absolute Gasteiger partial charge is 0.430 e. The Labute approximate surface area is 194 Å². The smallest absolute Gasteiger partial charge is 0.419 e. The summed E-state index contributed by atoms with van der Waals surface area (Å²) in [6.45, 7) is 12.2. The van der Waals surface area contributed by atoms with Crippen LogP contribution in [0.15, 0.2) is 72.8 Å². The highest BCUT2D eigenvalue weighted by atomic mass is 31.2. The number of rotatable bonds is 12. The molecule has 0 saturated carbocycles. The van der Waals surface area contributed by atoms with Gasteiger partial charge in [0.05, 0.1) is 6.16 Å². The van der Waals surface area contributed by atoms with Gasteiger partial charge in [0.2, 0.25) is 0 Å². The Balaban J connectivity index is 2.37. The minimum absolute atomic E-state index is 0.0864. The maximum Gasteiger partial charge on any atom is 0.430 e. The van der Waals surface area contributed by atoms with E-state index < -0.39 is 19.5 Å². The van der Waals surface area contributed by atoms with Crippen LogP contribution in [-0.4, -0.2) is 18.1 Å². The van der Waals surface area contributed by atoms with Crippen molar-refractivity contribution < 1.29 is 32.7 Å². The molecule has 2 aromatic carbocycles. The van der Waals surface area contributed by atoms with Gasteiger partial charge in [-0.3, -0.25) is 0 Å². The highest BCUT2D eigenvalue weighted by Gasteiger charge is 2.31. The Morgan fingerprint density at radius 3 is 1.52 bits per heavy atom. The zero-order valence-corrected chi connectivity index (χ0v) is 20.1. The summed E-state index contributed by atoms with van der Waals surface area (Å²) in [5.74, 6) is -0.917. The molecule has 0 atom stereocenters. The van der Waals surface area contributed by atoms with Gasteiger partial charge in [0.15, 0.2) is 23.0 Å². The van der Waals surface area contributed by atoms with Crippen LogP contribution in [0, 0.1) is 0 Å². The van der Waals surface area contributed by atoms with Crippen molar-refractivity contribution in [1.29, 1.82) is 0 Å². The summed E-state index contributed by atoms with van der Waals surface area (Å²) in [7, 11) is -3.81. The zero-order valence-electron chi connectivity index (χ0n) is 19.2. The fourth-order valence-electron chi connectivity index (χ4n) is 2.56. The Morgan fingerprint density at radius 2 is 1.15 bits per heavy atom. The molecule has 0 radical (unpaired) electrons. The van der Waals surface area contributed by atoms with E-state index in [9.17, 15) is 14.2 Å². The average molecular weight is 472 g/mol. The van der Waals surface area contributed by atoms with Crippen LogP contribution >= 0.6 is 7.60 Å². The Hall–Kier alpha value is -3.31. The number of hydrogen-bond donors (Lipinski definition) is 0. The summed E-state index contributed by atoms with van der Waals surface area (Å²) in [4.78, 5) is 24.0. The molecule has 0 aliphatic rings. The lowest BCUT2D eigenvalue weighted by molar-refractivity contribution is -0.131. The molecule has 33 heavy (non-hydrogen) atoms. The lowest BCUT2D eigenvalue weighted by Gasteiger charge is -2.22. The molecule has 0 aromatic heterocycles. The van der Waals surface area contributed by atoms with Crippen LogP contribution in [0.4, 0.5) is 0 Å². The molecule has 0 aliphatic carbocycles. The van der Waals surface area contributed by atoms with Crippen molar-refractivity contribution in [2.24, 2.45) is 0 Å². The van der Waals surface area contributed by atoms with Gasteiger partial charge in [-0.25, -0.2) is 14.2 Å².